The summed E-state index contributed by atoms with van der Waals surface area (Å²) in [7, 11) is 0. The molecule has 0 radical (unpaired) electrons. The molecule has 0 spiro atoms. The Bertz CT molecular complexity index is 391. The van der Waals surface area contributed by atoms with Gasteiger partial charge in [0.05, 0.1) is 11.2 Å². The van der Waals surface area contributed by atoms with Gasteiger partial charge < -0.3 is 0 Å². The molecule has 0 N–H and O–H groups in total. The highest BCUT2D eigenvalue weighted by Crippen LogP contribution is 2.07. The second kappa shape index (κ2) is 6.98. The Kier molecular flexibility index (Phi) is 6.34. The Morgan fingerprint density at radius 3 is 2.13 bits per heavy atom. The Morgan fingerprint density at radius 1 is 1.00 bits per heavy atom. The molecule has 15 heavy (non-hydrogen) atoms. The van der Waals surface area contributed by atoms with Gasteiger partial charge in [-0.15, -0.1) is 0 Å². The molecule has 2 heterocycles. The highest BCUT2D eigenvalue weighted by Gasteiger charge is 1.99. The molecule has 0 bridgehead atoms. The molecule has 2 rings (SSSR count). The fraction of sp³-hybridized carbons (Fsp3) is 0.500. The minimum atomic E-state index is 0.975. The lowest BCUT2D eigenvalue weighted by Gasteiger charge is -1.96. The maximum absolute atomic E-state index is 4.18. The topological polar surface area (TPSA) is 30.2 Å². The molecule has 0 aliphatic heterocycles. The molecule has 0 unspecified atom stereocenters. The van der Waals surface area contributed by atoms with Crippen molar-refractivity contribution >= 4 is 5.52 Å². The van der Waals surface area contributed by atoms with Gasteiger partial charge in [-0.1, -0.05) is 27.7 Å². The third-order valence-corrected chi connectivity index (χ3v) is 1.84. The number of imidazole rings is 1. The van der Waals surface area contributed by atoms with E-state index in [9.17, 15) is 0 Å². The Morgan fingerprint density at radius 2 is 1.60 bits per heavy atom. The zero-order chi connectivity index (χ0) is 11.8. The smallest absolute Gasteiger partial charge is 0.111 e. The lowest BCUT2D eigenvalue weighted by molar-refractivity contribution is 0.981. The van der Waals surface area contributed by atoms with E-state index in [1.54, 1.807) is 12.5 Å². The summed E-state index contributed by atoms with van der Waals surface area (Å²) in [6.07, 6.45) is 3.60. The van der Waals surface area contributed by atoms with Crippen LogP contribution < -0.4 is 0 Å². The second-order valence-electron chi connectivity index (χ2n) is 2.58. The molecule has 2 aromatic heterocycles. The summed E-state index contributed by atoms with van der Waals surface area (Å²) in [5.41, 5.74) is 2.19. The zero-order valence-electron chi connectivity index (χ0n) is 10.6. The van der Waals surface area contributed by atoms with Gasteiger partial charge in [0.1, 0.15) is 12.2 Å². The molecule has 2 aromatic rings. The first kappa shape index (κ1) is 13.6. The van der Waals surface area contributed by atoms with Crippen molar-refractivity contribution in [1.29, 1.82) is 0 Å². The number of nitrogens with zero attached hydrogens (tertiary/aromatic N) is 3. The van der Waals surface area contributed by atoms with Crippen LogP contribution >= 0.6 is 0 Å². The van der Waals surface area contributed by atoms with Gasteiger partial charge in [0.25, 0.3) is 0 Å². The van der Waals surface area contributed by atoms with Crippen LogP contribution in [0.25, 0.3) is 5.52 Å². The lowest BCUT2D eigenvalue weighted by atomic mass is 10.4. The predicted octanol–water partition coefficient (Wildman–Crippen LogP) is 3.40. The molecule has 3 nitrogen and oxygen atoms in total. The van der Waals surface area contributed by atoms with Gasteiger partial charge in [-0.3, -0.25) is 4.40 Å². The first-order valence-corrected chi connectivity index (χ1v) is 5.54. The Labute approximate surface area is 92.2 Å². The molecular formula is C12H21N3. The number of aryl methyl sites for hydroxylation is 2. The van der Waals surface area contributed by atoms with Gasteiger partial charge in [-0.2, -0.15) is 0 Å². The predicted molar refractivity (Wildman–Crippen MR) is 65.2 cm³/mol. The van der Waals surface area contributed by atoms with Gasteiger partial charge in [0, 0.05) is 6.20 Å². The van der Waals surface area contributed by atoms with Crippen LogP contribution in [0, 0.1) is 13.8 Å². The molecule has 0 saturated heterocycles. The summed E-state index contributed by atoms with van der Waals surface area (Å²) in [6.45, 7) is 12.0. The van der Waals surface area contributed by atoms with Gasteiger partial charge in [0.2, 0.25) is 0 Å². The van der Waals surface area contributed by atoms with Crippen LogP contribution in [0.1, 0.15) is 39.2 Å². The third-order valence-electron chi connectivity index (χ3n) is 1.84. The number of rotatable bonds is 0. The van der Waals surface area contributed by atoms with E-state index < -0.39 is 0 Å². The lowest BCUT2D eigenvalue weighted by Crippen LogP contribution is -1.91. The van der Waals surface area contributed by atoms with Crippen LogP contribution in [0.15, 0.2) is 18.6 Å². The fourth-order valence-electron chi connectivity index (χ4n) is 1.18. The molecule has 0 amide bonds. The normalized spacial score (nSPS) is 8.67. The van der Waals surface area contributed by atoms with Crippen molar-refractivity contribution in [2.45, 2.75) is 41.5 Å². The number of fused-ring (bicyclic) bond motifs is 1. The van der Waals surface area contributed by atoms with Crippen molar-refractivity contribution in [2.24, 2.45) is 0 Å². The van der Waals surface area contributed by atoms with E-state index in [4.69, 9.17) is 0 Å². The molecule has 0 aromatic carbocycles. The van der Waals surface area contributed by atoms with E-state index in [1.165, 1.54) is 0 Å². The number of hydrogen-bond acceptors (Lipinski definition) is 2. The summed E-state index contributed by atoms with van der Waals surface area (Å²) in [4.78, 5) is 8.32. The quantitative estimate of drug-likeness (QED) is 0.662. The standard InChI is InChI=1S/C8H9N3.2C2H6/c1-6-8-3-4-9-7(2)11(8)5-10-6;2*1-2/h3-5H,1-2H3;2*1-2H3. The van der Waals surface area contributed by atoms with Crippen LogP contribution in [0.5, 0.6) is 0 Å². The molecule has 84 valence electrons. The minimum absolute atomic E-state index is 0.975. The molecule has 0 aliphatic carbocycles. The highest BCUT2D eigenvalue weighted by atomic mass is 15.0. The average Bonchev–Trinajstić information content (AvgIpc) is 2.68. The second-order valence-corrected chi connectivity index (χ2v) is 2.58. The zero-order valence-corrected chi connectivity index (χ0v) is 10.6. The van der Waals surface area contributed by atoms with Crippen LogP contribution in [0.2, 0.25) is 0 Å². The van der Waals surface area contributed by atoms with Crippen molar-refractivity contribution in [3.63, 3.8) is 0 Å². The Balaban J connectivity index is 0.000000442. The largest absolute Gasteiger partial charge is 0.287 e. The number of aromatic nitrogens is 3. The summed E-state index contributed by atoms with van der Waals surface area (Å²) >= 11 is 0. The first-order chi connectivity index (χ1) is 7.29. The first-order valence-electron chi connectivity index (χ1n) is 5.54. The van der Waals surface area contributed by atoms with Crippen LogP contribution in [0.4, 0.5) is 0 Å². The van der Waals surface area contributed by atoms with Crippen molar-refractivity contribution < 1.29 is 0 Å². The van der Waals surface area contributed by atoms with E-state index in [1.807, 2.05) is 52.0 Å². The highest BCUT2D eigenvalue weighted by molar-refractivity contribution is 5.50. The molecule has 0 aliphatic rings. The van der Waals surface area contributed by atoms with Gasteiger partial charge in [-0.25, -0.2) is 9.97 Å². The van der Waals surface area contributed by atoms with E-state index in [0.29, 0.717) is 0 Å². The summed E-state index contributed by atoms with van der Waals surface area (Å²) in [5.74, 6) is 0.975. The molecule has 0 fully saturated rings. The van der Waals surface area contributed by atoms with E-state index in [-0.39, 0.29) is 0 Å². The monoisotopic (exact) mass is 207 g/mol. The Hall–Kier alpha value is -1.38. The van der Waals surface area contributed by atoms with Gasteiger partial charge in [0.15, 0.2) is 0 Å². The summed E-state index contributed by atoms with van der Waals surface area (Å²) in [5, 5.41) is 0. The average molecular weight is 207 g/mol. The van der Waals surface area contributed by atoms with Crippen molar-refractivity contribution in [3.8, 4) is 0 Å². The van der Waals surface area contributed by atoms with Crippen LogP contribution in [-0.4, -0.2) is 14.4 Å². The van der Waals surface area contributed by atoms with E-state index in [2.05, 4.69) is 9.97 Å². The fourth-order valence-corrected chi connectivity index (χ4v) is 1.18. The summed E-state index contributed by atoms with van der Waals surface area (Å²) in [6, 6.07) is 1.97. The van der Waals surface area contributed by atoms with Gasteiger partial charge in [-0.05, 0) is 19.9 Å². The maximum atomic E-state index is 4.18. The third kappa shape index (κ3) is 3.05. The maximum Gasteiger partial charge on any atom is 0.111 e. The van der Waals surface area contributed by atoms with E-state index >= 15 is 0 Å². The van der Waals surface area contributed by atoms with Crippen LogP contribution in [0.3, 0.4) is 0 Å². The van der Waals surface area contributed by atoms with Crippen molar-refractivity contribution in [1.82, 2.24) is 14.4 Å². The SMILES string of the molecule is CC.CC.Cc1ncn2c(C)nccc12. The number of hydrogen-bond donors (Lipinski definition) is 0. The molecule has 3 heteroatoms. The van der Waals surface area contributed by atoms with Crippen molar-refractivity contribution in [2.75, 3.05) is 0 Å². The van der Waals surface area contributed by atoms with Gasteiger partial charge >= 0.3 is 0 Å². The van der Waals surface area contributed by atoms with Crippen molar-refractivity contribution in [3.05, 3.63) is 30.1 Å². The van der Waals surface area contributed by atoms with Crippen LogP contribution in [-0.2, 0) is 0 Å². The summed E-state index contributed by atoms with van der Waals surface area (Å²) < 4.78 is 1.98. The molecular weight excluding hydrogens is 186 g/mol. The molecule has 0 atom stereocenters. The molecule has 0 saturated carbocycles. The minimum Gasteiger partial charge on any atom is -0.287 e. The van der Waals surface area contributed by atoms with E-state index in [0.717, 1.165) is 17.0 Å².